The molecule has 1 amide bonds. The lowest BCUT2D eigenvalue weighted by Gasteiger charge is -2.27. The van der Waals surface area contributed by atoms with Crippen molar-refractivity contribution in [2.75, 3.05) is 15.9 Å². The first-order valence-electron chi connectivity index (χ1n) is 9.11. The lowest BCUT2D eigenvalue weighted by molar-refractivity contribution is -0.116. The Morgan fingerprint density at radius 2 is 1.80 bits per heavy atom. The summed E-state index contributed by atoms with van der Waals surface area (Å²) >= 11 is 2.78. The van der Waals surface area contributed by atoms with E-state index in [2.05, 4.69) is 15.5 Å². The number of carbonyl (C=O) groups excluding carboxylic acids is 1. The fraction of sp³-hybridized carbons (Fsp3) is 0.250. The minimum absolute atomic E-state index is 0.333. The van der Waals surface area contributed by atoms with Crippen LogP contribution < -0.4 is 9.62 Å². The van der Waals surface area contributed by atoms with Crippen LogP contribution in [0.2, 0.25) is 0 Å². The lowest BCUT2D eigenvalue weighted by atomic mass is 10.2. The smallest absolute Gasteiger partial charge is 0.249 e. The van der Waals surface area contributed by atoms with Gasteiger partial charge in [0.15, 0.2) is 4.34 Å². The van der Waals surface area contributed by atoms with Gasteiger partial charge in [0.05, 0.1) is 11.9 Å². The molecule has 1 aromatic heterocycles. The average molecular weight is 463 g/mol. The van der Waals surface area contributed by atoms with E-state index in [-0.39, 0.29) is 0 Å². The summed E-state index contributed by atoms with van der Waals surface area (Å²) in [5.74, 6) is 0.270. The monoisotopic (exact) mass is 462 g/mol. The Hall–Kier alpha value is -2.43. The Labute approximate surface area is 184 Å². The molecule has 30 heavy (non-hydrogen) atoms. The van der Waals surface area contributed by atoms with Crippen molar-refractivity contribution < 1.29 is 13.2 Å². The van der Waals surface area contributed by atoms with Gasteiger partial charge in [-0.3, -0.25) is 14.4 Å². The quantitative estimate of drug-likeness (QED) is 0.403. The fourth-order valence-corrected chi connectivity index (χ4v) is 5.63. The Morgan fingerprint density at radius 1 is 1.13 bits per heavy atom. The van der Waals surface area contributed by atoms with Crippen LogP contribution >= 0.6 is 23.1 Å². The highest BCUT2D eigenvalue weighted by molar-refractivity contribution is 8.00. The highest BCUT2D eigenvalue weighted by Crippen LogP contribution is 2.29. The average Bonchev–Trinajstić information content (AvgIpc) is 3.15. The van der Waals surface area contributed by atoms with Crippen molar-refractivity contribution in [2.45, 2.75) is 30.0 Å². The number of aryl methyl sites for hydroxylation is 1. The molecule has 0 aliphatic carbocycles. The third-order valence-electron chi connectivity index (χ3n) is 4.22. The predicted octanol–water partition coefficient (Wildman–Crippen LogP) is 3.93. The largest absolute Gasteiger partial charge is 0.299 e. The van der Waals surface area contributed by atoms with Gasteiger partial charge >= 0.3 is 0 Å². The van der Waals surface area contributed by atoms with Crippen molar-refractivity contribution in [2.24, 2.45) is 0 Å². The van der Waals surface area contributed by atoms with Gasteiger partial charge in [0.1, 0.15) is 6.04 Å². The lowest BCUT2D eigenvalue weighted by Crippen LogP contribution is -2.45. The molecule has 0 spiro atoms. The van der Waals surface area contributed by atoms with Gasteiger partial charge in [0, 0.05) is 5.75 Å². The summed E-state index contributed by atoms with van der Waals surface area (Å²) in [7, 11) is -3.67. The van der Waals surface area contributed by atoms with Gasteiger partial charge < -0.3 is 0 Å². The number of nitrogens with zero attached hydrogens (tertiary/aromatic N) is 3. The Kier molecular flexibility index (Phi) is 7.11. The van der Waals surface area contributed by atoms with Gasteiger partial charge in [-0.25, -0.2) is 8.42 Å². The van der Waals surface area contributed by atoms with Crippen LogP contribution in [0.25, 0.3) is 0 Å². The maximum atomic E-state index is 12.7. The van der Waals surface area contributed by atoms with Gasteiger partial charge in [-0.2, -0.15) is 0 Å². The molecule has 3 aromatic rings. The van der Waals surface area contributed by atoms with Gasteiger partial charge in [0.2, 0.25) is 21.1 Å². The number of anilines is 2. The molecule has 2 aromatic carbocycles. The second-order valence-corrected chi connectivity index (χ2v) is 10.8. The van der Waals surface area contributed by atoms with Gasteiger partial charge in [-0.05, 0) is 31.5 Å². The third-order valence-corrected chi connectivity index (χ3v) is 7.50. The van der Waals surface area contributed by atoms with E-state index in [4.69, 9.17) is 0 Å². The number of benzene rings is 2. The summed E-state index contributed by atoms with van der Waals surface area (Å²) in [4.78, 5) is 12.7. The first-order valence-corrected chi connectivity index (χ1v) is 12.8. The van der Waals surface area contributed by atoms with E-state index >= 15 is 0 Å². The molecule has 158 valence electrons. The molecular weight excluding hydrogens is 440 g/mol. The summed E-state index contributed by atoms with van der Waals surface area (Å²) in [6, 6.07) is 16.0. The molecule has 1 N–H and O–H groups in total. The van der Waals surface area contributed by atoms with Crippen LogP contribution in [-0.2, 0) is 20.6 Å². The summed E-state index contributed by atoms with van der Waals surface area (Å²) in [5, 5.41) is 11.1. The van der Waals surface area contributed by atoms with Gasteiger partial charge in [0.25, 0.3) is 0 Å². The first kappa shape index (κ1) is 22.3. The summed E-state index contributed by atoms with van der Waals surface area (Å²) in [6.45, 7) is 3.45. The topological polar surface area (TPSA) is 92.3 Å². The van der Waals surface area contributed by atoms with E-state index in [9.17, 15) is 13.2 Å². The van der Waals surface area contributed by atoms with Gasteiger partial charge in [-0.1, -0.05) is 71.1 Å². The van der Waals surface area contributed by atoms with Crippen LogP contribution in [0.15, 0.2) is 58.9 Å². The number of nitrogens with one attached hydrogen (secondary N) is 1. The molecule has 1 heterocycles. The van der Waals surface area contributed by atoms with E-state index in [0.29, 0.717) is 10.8 Å². The molecule has 0 bridgehead atoms. The molecule has 0 fully saturated rings. The highest BCUT2D eigenvalue weighted by Gasteiger charge is 2.29. The van der Waals surface area contributed by atoms with Crippen molar-refractivity contribution in [3.63, 3.8) is 0 Å². The molecule has 1 unspecified atom stereocenters. The van der Waals surface area contributed by atoms with E-state index in [1.807, 2.05) is 37.3 Å². The number of aromatic nitrogens is 2. The predicted molar refractivity (Wildman–Crippen MR) is 123 cm³/mol. The van der Waals surface area contributed by atoms with Crippen LogP contribution in [0.4, 0.5) is 10.8 Å². The molecule has 1 atom stereocenters. The maximum Gasteiger partial charge on any atom is 0.249 e. The van der Waals surface area contributed by atoms with Crippen molar-refractivity contribution in [3.8, 4) is 0 Å². The fourth-order valence-electron chi connectivity index (χ4n) is 2.75. The minimum Gasteiger partial charge on any atom is -0.299 e. The summed E-state index contributed by atoms with van der Waals surface area (Å²) < 4.78 is 26.5. The SMILES string of the molecule is Cc1ccc(N(C(C)C(=O)Nc2nnc(SCc3ccccc3)s2)S(C)(=O)=O)cc1. The third kappa shape index (κ3) is 5.80. The molecule has 10 heteroatoms. The standard InChI is InChI=1S/C20H22N4O3S3/c1-14-9-11-17(12-10-14)24(30(3,26)27)15(2)18(25)21-19-22-23-20(29-19)28-13-16-7-5-4-6-8-16/h4-12,15H,13H2,1-3H3,(H,21,22,25). The van der Waals surface area contributed by atoms with Crippen molar-refractivity contribution in [3.05, 3.63) is 65.7 Å². The maximum absolute atomic E-state index is 12.7. The van der Waals surface area contributed by atoms with Crippen molar-refractivity contribution >= 4 is 49.8 Å². The molecule has 7 nitrogen and oxygen atoms in total. The molecule has 0 aliphatic heterocycles. The van der Waals surface area contributed by atoms with E-state index in [0.717, 1.165) is 26.2 Å². The number of sulfonamides is 1. The summed E-state index contributed by atoms with van der Waals surface area (Å²) in [5.41, 5.74) is 2.60. The van der Waals surface area contributed by atoms with E-state index in [1.165, 1.54) is 28.7 Å². The second kappa shape index (κ2) is 9.59. The second-order valence-electron chi connectivity index (χ2n) is 6.71. The van der Waals surface area contributed by atoms with Crippen LogP contribution in [0.5, 0.6) is 0 Å². The Bertz CT molecular complexity index is 1100. The molecule has 3 rings (SSSR count). The normalized spacial score (nSPS) is 12.4. The molecule has 0 saturated carbocycles. The number of carbonyl (C=O) groups is 1. The van der Waals surface area contributed by atoms with Crippen molar-refractivity contribution in [1.29, 1.82) is 0 Å². The molecular formula is C20H22N4O3S3. The number of hydrogen-bond acceptors (Lipinski definition) is 7. The van der Waals surface area contributed by atoms with Crippen molar-refractivity contribution in [1.82, 2.24) is 10.2 Å². The number of rotatable bonds is 8. The zero-order valence-electron chi connectivity index (χ0n) is 16.8. The minimum atomic E-state index is -3.67. The van der Waals surface area contributed by atoms with E-state index < -0.39 is 22.0 Å². The van der Waals surface area contributed by atoms with Gasteiger partial charge in [-0.15, -0.1) is 10.2 Å². The highest BCUT2D eigenvalue weighted by atomic mass is 32.2. The number of hydrogen-bond donors (Lipinski definition) is 1. The van der Waals surface area contributed by atoms with Crippen LogP contribution in [0.3, 0.4) is 0 Å². The summed E-state index contributed by atoms with van der Waals surface area (Å²) in [6.07, 6.45) is 1.08. The van der Waals surface area contributed by atoms with E-state index in [1.54, 1.807) is 31.2 Å². The Morgan fingerprint density at radius 3 is 2.43 bits per heavy atom. The molecule has 0 saturated heterocycles. The molecule has 0 radical (unpaired) electrons. The zero-order chi connectivity index (χ0) is 21.7. The number of amides is 1. The number of thioether (sulfide) groups is 1. The van der Waals surface area contributed by atoms with Crippen LogP contribution in [0, 0.1) is 6.92 Å². The first-order chi connectivity index (χ1) is 14.2. The van der Waals surface area contributed by atoms with Crippen LogP contribution in [-0.4, -0.2) is 36.8 Å². The zero-order valence-corrected chi connectivity index (χ0v) is 19.2. The molecule has 0 aliphatic rings. The van der Waals surface area contributed by atoms with Crippen LogP contribution in [0.1, 0.15) is 18.1 Å². The Balaban J connectivity index is 1.68.